The van der Waals surface area contributed by atoms with Crippen LogP contribution in [-0.2, 0) is 6.54 Å². The maximum atomic E-state index is 9.52. The van der Waals surface area contributed by atoms with E-state index in [1.54, 1.807) is 0 Å². The highest BCUT2D eigenvalue weighted by Gasteiger charge is 2.18. The molecule has 1 aromatic heterocycles. The van der Waals surface area contributed by atoms with Gasteiger partial charge in [0.15, 0.2) is 5.82 Å². The van der Waals surface area contributed by atoms with Crippen molar-refractivity contribution in [2.24, 2.45) is 0 Å². The zero-order valence-electron chi connectivity index (χ0n) is 10.9. The molecule has 0 radical (unpaired) electrons. The van der Waals surface area contributed by atoms with Crippen LogP contribution >= 0.6 is 0 Å². The molecule has 0 spiro atoms. The summed E-state index contributed by atoms with van der Waals surface area (Å²) in [4.78, 5) is 2.24. The highest BCUT2D eigenvalue weighted by Crippen LogP contribution is 2.18. The van der Waals surface area contributed by atoms with Gasteiger partial charge in [-0.1, -0.05) is 30.3 Å². The van der Waals surface area contributed by atoms with Crippen molar-refractivity contribution in [1.29, 1.82) is 0 Å². The van der Waals surface area contributed by atoms with E-state index in [-0.39, 0.29) is 6.10 Å². The van der Waals surface area contributed by atoms with Gasteiger partial charge in [-0.25, -0.2) is 0 Å². The van der Waals surface area contributed by atoms with Gasteiger partial charge in [-0.3, -0.25) is 4.68 Å². The Kier molecular flexibility index (Phi) is 3.51. The molecule has 0 atom stereocenters. The van der Waals surface area contributed by atoms with Gasteiger partial charge in [0.1, 0.15) is 0 Å². The minimum atomic E-state index is -0.136. The van der Waals surface area contributed by atoms with Crippen LogP contribution in [0.3, 0.4) is 0 Å². The number of aliphatic hydroxyl groups excluding tert-OH is 1. The lowest BCUT2D eigenvalue weighted by molar-refractivity contribution is 0.145. The molecule has 19 heavy (non-hydrogen) atoms. The number of hydrogen-bond acceptors (Lipinski definition) is 3. The first-order chi connectivity index (χ1) is 9.31. The zero-order valence-corrected chi connectivity index (χ0v) is 10.9. The van der Waals surface area contributed by atoms with Crippen LogP contribution in [0.15, 0.2) is 42.6 Å². The van der Waals surface area contributed by atoms with E-state index < -0.39 is 0 Å². The Morgan fingerprint density at radius 1 is 1.11 bits per heavy atom. The summed E-state index contributed by atoms with van der Waals surface area (Å²) in [6.45, 7) is 2.59. The Hall–Kier alpha value is -1.81. The third-order valence-electron chi connectivity index (χ3n) is 3.60. The second-order valence-electron chi connectivity index (χ2n) is 5.08. The number of benzene rings is 1. The molecule has 1 aliphatic heterocycles. The minimum absolute atomic E-state index is 0.136. The molecular formula is C15H19N3O. The van der Waals surface area contributed by atoms with Crippen LogP contribution in [0.25, 0.3) is 0 Å². The van der Waals surface area contributed by atoms with E-state index in [0.29, 0.717) is 0 Å². The lowest BCUT2D eigenvalue weighted by atomic mass is 10.1. The number of anilines is 1. The lowest BCUT2D eigenvalue weighted by Crippen LogP contribution is -2.36. The first-order valence-electron chi connectivity index (χ1n) is 6.82. The first kappa shape index (κ1) is 12.2. The van der Waals surface area contributed by atoms with Gasteiger partial charge >= 0.3 is 0 Å². The molecule has 1 saturated heterocycles. The Balaban J connectivity index is 1.66. The number of aromatic nitrogens is 2. The van der Waals surface area contributed by atoms with Crippen LogP contribution in [0.5, 0.6) is 0 Å². The van der Waals surface area contributed by atoms with Crippen LogP contribution < -0.4 is 4.90 Å². The Bertz CT molecular complexity index is 515. The molecule has 1 aromatic carbocycles. The SMILES string of the molecule is OC1CCN(c2ccn(Cc3ccccc3)n2)CC1. The van der Waals surface area contributed by atoms with E-state index in [1.165, 1.54) is 5.56 Å². The molecule has 100 valence electrons. The van der Waals surface area contributed by atoms with E-state index in [9.17, 15) is 5.11 Å². The Labute approximate surface area is 113 Å². The molecule has 2 heterocycles. The maximum absolute atomic E-state index is 9.52. The average Bonchev–Trinajstić information content (AvgIpc) is 2.89. The van der Waals surface area contributed by atoms with Crippen LogP contribution in [-0.4, -0.2) is 34.1 Å². The molecule has 1 aliphatic rings. The minimum Gasteiger partial charge on any atom is -0.393 e. The fourth-order valence-electron chi connectivity index (χ4n) is 2.47. The summed E-state index contributed by atoms with van der Waals surface area (Å²) in [5.41, 5.74) is 1.26. The van der Waals surface area contributed by atoms with Crippen molar-refractivity contribution in [3.8, 4) is 0 Å². The van der Waals surface area contributed by atoms with Gasteiger partial charge in [-0.15, -0.1) is 0 Å². The van der Waals surface area contributed by atoms with E-state index in [0.717, 1.165) is 38.3 Å². The van der Waals surface area contributed by atoms with E-state index in [4.69, 9.17) is 0 Å². The average molecular weight is 257 g/mol. The normalized spacial score (nSPS) is 16.8. The molecule has 4 nitrogen and oxygen atoms in total. The Morgan fingerprint density at radius 3 is 2.58 bits per heavy atom. The lowest BCUT2D eigenvalue weighted by Gasteiger charge is -2.29. The molecule has 1 N–H and O–H groups in total. The van der Waals surface area contributed by atoms with Gasteiger partial charge in [0.25, 0.3) is 0 Å². The van der Waals surface area contributed by atoms with Gasteiger partial charge in [0.05, 0.1) is 12.6 Å². The number of rotatable bonds is 3. The quantitative estimate of drug-likeness (QED) is 0.913. The van der Waals surface area contributed by atoms with Crippen LogP contribution in [0.1, 0.15) is 18.4 Å². The summed E-state index contributed by atoms with van der Waals surface area (Å²) >= 11 is 0. The predicted octanol–water partition coefficient (Wildman–Crippen LogP) is 1.89. The van der Waals surface area contributed by atoms with Crippen molar-refractivity contribution < 1.29 is 5.11 Å². The maximum Gasteiger partial charge on any atom is 0.150 e. The number of nitrogens with zero attached hydrogens (tertiary/aromatic N) is 3. The summed E-state index contributed by atoms with van der Waals surface area (Å²) in [6, 6.07) is 12.4. The summed E-state index contributed by atoms with van der Waals surface area (Å²) in [7, 11) is 0. The molecule has 3 rings (SSSR count). The summed E-state index contributed by atoms with van der Waals surface area (Å²) in [5.74, 6) is 1.02. The van der Waals surface area contributed by atoms with E-state index in [2.05, 4.69) is 28.2 Å². The van der Waals surface area contributed by atoms with Crippen molar-refractivity contribution in [3.63, 3.8) is 0 Å². The molecule has 0 unspecified atom stereocenters. The largest absolute Gasteiger partial charge is 0.393 e. The molecular weight excluding hydrogens is 238 g/mol. The van der Waals surface area contributed by atoms with E-state index in [1.807, 2.05) is 29.1 Å². The van der Waals surface area contributed by atoms with Crippen molar-refractivity contribution in [1.82, 2.24) is 9.78 Å². The third kappa shape index (κ3) is 2.96. The fourth-order valence-corrected chi connectivity index (χ4v) is 2.47. The molecule has 4 heteroatoms. The van der Waals surface area contributed by atoms with Gasteiger partial charge in [-0.05, 0) is 18.4 Å². The van der Waals surface area contributed by atoms with E-state index >= 15 is 0 Å². The molecule has 0 saturated carbocycles. The molecule has 0 aliphatic carbocycles. The van der Waals surface area contributed by atoms with Crippen LogP contribution in [0.4, 0.5) is 5.82 Å². The predicted molar refractivity (Wildman–Crippen MR) is 75.2 cm³/mol. The third-order valence-corrected chi connectivity index (χ3v) is 3.60. The molecule has 2 aromatic rings. The number of hydrogen-bond donors (Lipinski definition) is 1. The van der Waals surface area contributed by atoms with Crippen molar-refractivity contribution >= 4 is 5.82 Å². The second kappa shape index (κ2) is 5.45. The van der Waals surface area contributed by atoms with Crippen molar-refractivity contribution in [3.05, 3.63) is 48.2 Å². The molecule has 0 bridgehead atoms. The first-order valence-corrected chi connectivity index (χ1v) is 6.82. The van der Waals surface area contributed by atoms with Crippen LogP contribution in [0.2, 0.25) is 0 Å². The summed E-state index contributed by atoms with van der Waals surface area (Å²) < 4.78 is 1.97. The van der Waals surface area contributed by atoms with Gasteiger partial charge in [0.2, 0.25) is 0 Å². The van der Waals surface area contributed by atoms with Crippen molar-refractivity contribution in [2.75, 3.05) is 18.0 Å². The summed E-state index contributed by atoms with van der Waals surface area (Å²) in [5, 5.41) is 14.1. The highest BCUT2D eigenvalue weighted by atomic mass is 16.3. The van der Waals surface area contributed by atoms with Gasteiger partial charge in [0, 0.05) is 25.4 Å². The zero-order chi connectivity index (χ0) is 13.1. The topological polar surface area (TPSA) is 41.3 Å². The number of aliphatic hydroxyl groups is 1. The molecule has 0 amide bonds. The standard InChI is InChI=1S/C15H19N3O/c19-14-6-9-17(10-7-14)15-8-11-18(16-15)12-13-4-2-1-3-5-13/h1-5,8,11,14,19H,6-7,9-10,12H2. The monoisotopic (exact) mass is 257 g/mol. The Morgan fingerprint density at radius 2 is 1.84 bits per heavy atom. The second-order valence-corrected chi connectivity index (χ2v) is 5.08. The smallest absolute Gasteiger partial charge is 0.150 e. The highest BCUT2D eigenvalue weighted by molar-refractivity contribution is 5.37. The fraction of sp³-hybridized carbons (Fsp3) is 0.400. The van der Waals surface area contributed by atoms with Crippen molar-refractivity contribution in [2.45, 2.75) is 25.5 Å². The summed E-state index contributed by atoms with van der Waals surface area (Å²) in [6.07, 6.45) is 3.56. The number of piperidine rings is 1. The molecule has 1 fully saturated rings. The van der Waals surface area contributed by atoms with Gasteiger partial charge < -0.3 is 10.0 Å². The van der Waals surface area contributed by atoms with Gasteiger partial charge in [-0.2, -0.15) is 5.10 Å². The van der Waals surface area contributed by atoms with Crippen LogP contribution in [0, 0.1) is 0 Å².